The number of hydrogen-bond donors (Lipinski definition) is 6. The second-order valence-electron chi connectivity index (χ2n) is 24.6. The molecule has 0 bridgehead atoms. The van der Waals surface area contributed by atoms with E-state index in [-0.39, 0.29) is 124 Å². The lowest BCUT2D eigenvalue weighted by atomic mass is 9.66. The first-order chi connectivity index (χ1) is 47.6. The molecule has 0 amide bonds. The predicted octanol–water partition coefficient (Wildman–Crippen LogP) is 9.93. The smallest absolute Gasteiger partial charge is 0.311 e. The van der Waals surface area contributed by atoms with Crippen molar-refractivity contribution < 1.29 is 129 Å². The molecule has 0 aromatic heterocycles. The largest absolute Gasteiger partial charge is 0.420 e. The molecule has 2 aliphatic heterocycles. The number of nitrogens with zero attached hydrogens (tertiary/aromatic N) is 2. The number of carbonyl (C=O) groups excluding carboxylic acids is 1. The lowest BCUT2D eigenvalue weighted by molar-refractivity contribution is -0.135. The number of esters is 1. The minimum Gasteiger partial charge on any atom is -0.420 e. The van der Waals surface area contributed by atoms with E-state index in [1.807, 2.05) is 17.9 Å². The van der Waals surface area contributed by atoms with Gasteiger partial charge in [0.25, 0.3) is 50.6 Å². The van der Waals surface area contributed by atoms with Gasteiger partial charge in [-0.1, -0.05) is 75.3 Å². The van der Waals surface area contributed by atoms with Crippen LogP contribution in [0.2, 0.25) is 0 Å². The van der Waals surface area contributed by atoms with Crippen LogP contribution in [0.3, 0.4) is 0 Å². The molecule has 27 nitrogen and oxygen atoms in total. The van der Waals surface area contributed by atoms with Gasteiger partial charge < -0.3 is 38.2 Å². The molecule has 0 aliphatic carbocycles. The summed E-state index contributed by atoms with van der Waals surface area (Å²) in [6.45, 7) is 7.25. The SMILES string of the molecule is CCCC1CC(/C=C/C=C/C=C/C=C2/N(CCCCCC(=O)Oc3c(F)c(F)c(S(=O)(=O)O)c(F)c3F)c3ccc4c(S(=O)(=O)O)cc(S(=O)(=O)O)cc4c3C2(C)CCOCCOCCOCCOC)C(C)(CCCS(=O)(=O)O)c2c(ccc3c(S(=O)(=O)O)cc(S(=O)(=O)O)cc23)N1CCOC. The summed E-state index contributed by atoms with van der Waals surface area (Å²) in [5.74, 6) is -14.6. The fourth-order valence-electron chi connectivity index (χ4n) is 13.1. The van der Waals surface area contributed by atoms with Crippen molar-refractivity contribution in [2.24, 2.45) is 5.92 Å². The van der Waals surface area contributed by atoms with Crippen LogP contribution < -0.4 is 14.5 Å². The van der Waals surface area contributed by atoms with E-state index in [1.165, 1.54) is 32.4 Å². The number of anilines is 2. The second-order valence-corrected chi connectivity index (χ2v) is 33.1. The minimum atomic E-state index is -5.83. The quantitative estimate of drug-likeness (QED) is 0.00409. The molecule has 5 aromatic rings. The average molecular weight is 1560 g/mol. The molecule has 0 saturated carbocycles. The third kappa shape index (κ3) is 20.0. The topological polar surface area (TPSA) is 405 Å². The number of unbranched alkanes of at least 4 members (excludes halogenated alkanes) is 2. The number of fused-ring (bicyclic) bond motifs is 6. The van der Waals surface area contributed by atoms with E-state index in [0.717, 1.165) is 12.1 Å². The van der Waals surface area contributed by atoms with Gasteiger partial charge in [0.15, 0.2) is 16.5 Å². The van der Waals surface area contributed by atoms with Gasteiger partial charge in [-0.2, -0.15) is 59.3 Å². The molecule has 564 valence electrons. The minimum absolute atomic E-state index is 0.00850. The van der Waals surface area contributed by atoms with Crippen LogP contribution in [0.1, 0.15) is 96.1 Å². The Morgan fingerprint density at radius 3 is 1.60 bits per heavy atom. The van der Waals surface area contributed by atoms with Crippen LogP contribution in [0.5, 0.6) is 5.75 Å². The zero-order valence-electron chi connectivity index (χ0n) is 56.0. The van der Waals surface area contributed by atoms with Gasteiger partial charge in [-0.3, -0.25) is 32.1 Å². The Morgan fingerprint density at radius 1 is 0.559 bits per heavy atom. The van der Waals surface area contributed by atoms with Gasteiger partial charge in [0.2, 0.25) is 17.4 Å². The first-order valence-electron chi connectivity index (χ1n) is 31.7. The zero-order chi connectivity index (χ0) is 75.6. The summed E-state index contributed by atoms with van der Waals surface area (Å²) in [5, 5.41) is -0.332. The van der Waals surface area contributed by atoms with E-state index < -0.39 is 149 Å². The highest BCUT2D eigenvalue weighted by Gasteiger charge is 2.47. The predicted molar refractivity (Wildman–Crippen MR) is 366 cm³/mol. The van der Waals surface area contributed by atoms with Crippen molar-refractivity contribution in [2.75, 3.05) is 95.7 Å². The highest BCUT2D eigenvalue weighted by Crippen LogP contribution is 2.55. The Bertz CT molecular complexity index is 4760. The van der Waals surface area contributed by atoms with Crippen molar-refractivity contribution in [2.45, 2.75) is 126 Å². The van der Waals surface area contributed by atoms with Gasteiger partial charge in [0.05, 0.1) is 61.8 Å². The third-order valence-corrected chi connectivity index (χ3v) is 22.9. The van der Waals surface area contributed by atoms with Gasteiger partial charge in [-0.25, -0.2) is 8.78 Å². The van der Waals surface area contributed by atoms with Crippen LogP contribution >= 0.6 is 0 Å². The maximum atomic E-state index is 14.8. The molecule has 6 N–H and O–H groups in total. The number of hydrogen-bond acceptors (Lipinski definition) is 21. The van der Waals surface area contributed by atoms with E-state index in [2.05, 4.69) is 4.74 Å². The molecule has 37 heteroatoms. The van der Waals surface area contributed by atoms with Gasteiger partial charge in [-0.15, -0.1) is 0 Å². The number of halogens is 4. The first-order valence-corrected chi connectivity index (χ1v) is 40.6. The highest BCUT2D eigenvalue weighted by atomic mass is 32.2. The molecule has 0 fully saturated rings. The van der Waals surface area contributed by atoms with E-state index in [0.29, 0.717) is 67.2 Å². The van der Waals surface area contributed by atoms with Gasteiger partial charge in [0.1, 0.15) is 9.79 Å². The summed E-state index contributed by atoms with van der Waals surface area (Å²) in [7, 11) is -28.1. The molecule has 2 aliphatic rings. The molecule has 102 heavy (non-hydrogen) atoms. The van der Waals surface area contributed by atoms with Crippen molar-refractivity contribution in [3.8, 4) is 5.75 Å². The molecule has 0 radical (unpaired) electrons. The number of allylic oxidation sites excluding steroid dienone is 8. The summed E-state index contributed by atoms with van der Waals surface area (Å²) < 4.78 is 304. The Kier molecular flexibility index (Phi) is 27.8. The summed E-state index contributed by atoms with van der Waals surface area (Å²) in [6.07, 6.45) is 12.6. The normalized spacial score (nSPS) is 19.1. The third-order valence-electron chi connectivity index (χ3n) is 17.8. The van der Waals surface area contributed by atoms with E-state index in [9.17, 15) is 95.6 Å². The Balaban J connectivity index is 1.32. The lowest BCUT2D eigenvalue weighted by Gasteiger charge is -2.38. The molecule has 0 saturated heterocycles. The summed E-state index contributed by atoms with van der Waals surface area (Å²) in [6, 6.07) is 8.88. The number of benzene rings is 5. The van der Waals surface area contributed by atoms with Crippen molar-refractivity contribution in [3.05, 3.63) is 131 Å². The van der Waals surface area contributed by atoms with Crippen LogP contribution in [-0.2, 0) is 100 Å². The number of carbonyl (C=O) groups is 1. The van der Waals surface area contributed by atoms with Crippen LogP contribution in [-0.4, -0.2) is 176 Å². The van der Waals surface area contributed by atoms with Crippen molar-refractivity contribution in [1.29, 1.82) is 0 Å². The molecule has 4 unspecified atom stereocenters. The second kappa shape index (κ2) is 34.3. The highest BCUT2D eigenvalue weighted by molar-refractivity contribution is 7.87. The monoisotopic (exact) mass is 1560 g/mol. The Labute approximate surface area is 589 Å². The summed E-state index contributed by atoms with van der Waals surface area (Å²) in [5.41, 5.74) is -0.686. The lowest BCUT2D eigenvalue weighted by Crippen LogP contribution is -2.38. The molecular weight excluding hydrogens is 1480 g/mol. The van der Waals surface area contributed by atoms with Gasteiger partial charge in [-0.05, 0) is 122 Å². The number of methoxy groups -OCH3 is 2. The number of ether oxygens (including phenoxy) is 6. The van der Waals surface area contributed by atoms with Gasteiger partial charge >= 0.3 is 16.1 Å². The average Bonchev–Trinajstić information content (AvgIpc) is 1.48. The molecule has 2 heterocycles. The fourth-order valence-corrected chi connectivity index (χ4v) is 16.9. The Morgan fingerprint density at radius 2 is 1.08 bits per heavy atom. The molecule has 0 spiro atoms. The zero-order valence-corrected chi connectivity index (χ0v) is 60.9. The van der Waals surface area contributed by atoms with E-state index >= 15 is 0 Å². The maximum absolute atomic E-state index is 14.8. The number of rotatable bonds is 37. The van der Waals surface area contributed by atoms with Crippen molar-refractivity contribution in [3.63, 3.8) is 0 Å². The van der Waals surface area contributed by atoms with Crippen LogP contribution in [0.4, 0.5) is 28.9 Å². The van der Waals surface area contributed by atoms with Crippen molar-refractivity contribution >= 4 is 99.6 Å². The van der Waals surface area contributed by atoms with Crippen molar-refractivity contribution in [1.82, 2.24) is 0 Å². The fraction of sp³-hybridized carbons (Fsp3) is 0.462. The summed E-state index contributed by atoms with van der Waals surface area (Å²) >= 11 is 0. The van der Waals surface area contributed by atoms with Crippen LogP contribution in [0.25, 0.3) is 21.5 Å². The molecular formula is C65H80F4N2O25S6. The first kappa shape index (κ1) is 82.9. The molecule has 7 rings (SSSR count). The van der Waals surface area contributed by atoms with Crippen LogP contribution in [0.15, 0.2) is 121 Å². The van der Waals surface area contributed by atoms with E-state index in [1.54, 1.807) is 61.3 Å². The summed E-state index contributed by atoms with van der Waals surface area (Å²) in [4.78, 5) is 10.9. The van der Waals surface area contributed by atoms with Gasteiger partial charge in [0, 0.05) is 85.1 Å². The molecule has 5 aromatic carbocycles. The van der Waals surface area contributed by atoms with Crippen LogP contribution in [0, 0.1) is 29.2 Å². The standard InChI is InChI=1S/C65H80F4N2O25S6/c1-6-16-43-37-42(64(2,24-15-36-97(73,74)75)56-48-38-44(98(76,77)78)40-52(100(82,83)84)46(48)20-22-50(56)70(43)27-29-91-4)17-11-8-7-9-12-18-54-65(3,25-28-93-32-33-95-35-34-94-31-30-92-5)57-49-39-45(99(79,80)81)41-53(101(85,86)87)47(49)21-23-51(57)71(54)26-14-10-13-19-55(72)96-62-58(66)60(68)63(102(88,89)90)61(69)59(62)67/h7-9,11-12,17-18,20-23,38-43H,6,10,13-16,19,24-37H2,1-5H3,(H,73,74,75)(H,76,77,78)(H,79,80,81)(H,82,83,84)(H,85,86,87)(H,88,89,90)/b8-7+,12-9+,17-11+,54-18+. The Hall–Kier alpha value is -6.37. The molecule has 4 atom stereocenters. The van der Waals surface area contributed by atoms with E-state index in [4.69, 9.17) is 28.2 Å². The maximum Gasteiger partial charge on any atom is 0.311 e.